The normalized spacial score (nSPS) is 23.5. The van der Waals surface area contributed by atoms with Crippen molar-refractivity contribution in [1.82, 2.24) is 15.1 Å². The van der Waals surface area contributed by atoms with Crippen LogP contribution in [0.2, 0.25) is 0 Å². The second kappa shape index (κ2) is 8.06. The Bertz CT molecular complexity index is 196. The Morgan fingerprint density at radius 2 is 2.24 bits per heavy atom. The van der Waals surface area contributed by atoms with Crippen molar-refractivity contribution in [2.45, 2.75) is 39.2 Å². The van der Waals surface area contributed by atoms with Crippen LogP contribution in [-0.2, 0) is 0 Å². The van der Waals surface area contributed by atoms with Crippen molar-refractivity contribution in [2.24, 2.45) is 5.92 Å². The van der Waals surface area contributed by atoms with E-state index in [9.17, 15) is 0 Å². The zero-order chi connectivity index (χ0) is 12.7. The zero-order valence-electron chi connectivity index (χ0n) is 12.2. The third-order valence-electron chi connectivity index (χ3n) is 3.93. The lowest BCUT2D eigenvalue weighted by atomic mass is 10.1. The van der Waals surface area contributed by atoms with Gasteiger partial charge in [-0.15, -0.1) is 0 Å². The van der Waals surface area contributed by atoms with Gasteiger partial charge in [0.05, 0.1) is 0 Å². The summed E-state index contributed by atoms with van der Waals surface area (Å²) in [6.07, 6.45) is 3.95. The quantitative estimate of drug-likeness (QED) is 0.652. The Hall–Kier alpha value is -0.120. The van der Waals surface area contributed by atoms with E-state index in [1.807, 2.05) is 0 Å². The number of hydrogen-bond acceptors (Lipinski definition) is 3. The molecule has 1 heterocycles. The summed E-state index contributed by atoms with van der Waals surface area (Å²) in [6.45, 7) is 10.7. The monoisotopic (exact) mass is 241 g/mol. The molecule has 102 valence electrons. The maximum atomic E-state index is 3.55. The Kier molecular flexibility index (Phi) is 7.09. The highest BCUT2D eigenvalue weighted by molar-refractivity contribution is 4.77. The van der Waals surface area contributed by atoms with Crippen LogP contribution in [0.1, 0.15) is 33.1 Å². The van der Waals surface area contributed by atoms with E-state index in [4.69, 9.17) is 0 Å². The van der Waals surface area contributed by atoms with Crippen LogP contribution in [0.5, 0.6) is 0 Å². The molecule has 1 fully saturated rings. The first-order chi connectivity index (χ1) is 8.13. The smallest absolute Gasteiger partial charge is 0.0189 e. The molecule has 2 atom stereocenters. The van der Waals surface area contributed by atoms with Gasteiger partial charge in [-0.2, -0.15) is 0 Å². The molecule has 0 amide bonds. The first-order valence-corrected chi connectivity index (χ1v) is 7.23. The molecule has 0 saturated carbocycles. The van der Waals surface area contributed by atoms with Gasteiger partial charge in [-0.25, -0.2) is 0 Å². The molecule has 1 rings (SSSR count). The van der Waals surface area contributed by atoms with E-state index in [1.165, 1.54) is 45.4 Å². The number of nitrogens with one attached hydrogen (secondary N) is 1. The summed E-state index contributed by atoms with van der Waals surface area (Å²) in [7, 11) is 4.50. The van der Waals surface area contributed by atoms with Gasteiger partial charge < -0.3 is 15.1 Å². The molecule has 0 aliphatic carbocycles. The first-order valence-electron chi connectivity index (χ1n) is 7.23. The van der Waals surface area contributed by atoms with Gasteiger partial charge in [-0.1, -0.05) is 13.3 Å². The van der Waals surface area contributed by atoms with Crippen molar-refractivity contribution in [3.05, 3.63) is 0 Å². The van der Waals surface area contributed by atoms with Gasteiger partial charge >= 0.3 is 0 Å². The number of hydrogen-bond donors (Lipinski definition) is 1. The molecule has 17 heavy (non-hydrogen) atoms. The van der Waals surface area contributed by atoms with E-state index in [-0.39, 0.29) is 0 Å². The molecule has 0 spiro atoms. The van der Waals surface area contributed by atoms with Crippen molar-refractivity contribution < 1.29 is 0 Å². The molecule has 1 N–H and O–H groups in total. The van der Waals surface area contributed by atoms with Crippen molar-refractivity contribution in [3.8, 4) is 0 Å². The van der Waals surface area contributed by atoms with Crippen LogP contribution in [0.25, 0.3) is 0 Å². The highest BCUT2D eigenvalue weighted by Gasteiger charge is 2.22. The standard InChI is InChI=1S/C14H31N3/c1-5-6-8-15-10-13(2)17(4)12-14-7-9-16(3)11-14/h13-15H,5-12H2,1-4H3. The SMILES string of the molecule is CCCCNCC(C)N(C)CC1CCN(C)C1. The fraction of sp³-hybridized carbons (Fsp3) is 1.00. The summed E-state index contributed by atoms with van der Waals surface area (Å²) >= 11 is 0. The molecule has 3 heteroatoms. The van der Waals surface area contributed by atoms with E-state index in [0.29, 0.717) is 6.04 Å². The average molecular weight is 241 g/mol. The fourth-order valence-corrected chi connectivity index (χ4v) is 2.53. The Morgan fingerprint density at radius 3 is 2.82 bits per heavy atom. The van der Waals surface area contributed by atoms with Crippen LogP contribution in [0.15, 0.2) is 0 Å². The molecule has 0 aromatic heterocycles. The summed E-state index contributed by atoms with van der Waals surface area (Å²) < 4.78 is 0. The molecular weight excluding hydrogens is 210 g/mol. The van der Waals surface area contributed by atoms with Gasteiger partial charge in [0.15, 0.2) is 0 Å². The van der Waals surface area contributed by atoms with Gasteiger partial charge in [-0.3, -0.25) is 0 Å². The minimum Gasteiger partial charge on any atom is -0.315 e. The predicted molar refractivity (Wildman–Crippen MR) is 75.5 cm³/mol. The number of unbranched alkanes of at least 4 members (excludes halogenated alkanes) is 1. The lowest BCUT2D eigenvalue weighted by Gasteiger charge is -2.27. The van der Waals surface area contributed by atoms with Gasteiger partial charge in [0, 0.05) is 25.7 Å². The first kappa shape index (κ1) is 14.9. The zero-order valence-corrected chi connectivity index (χ0v) is 12.2. The lowest BCUT2D eigenvalue weighted by molar-refractivity contribution is 0.213. The Balaban J connectivity index is 2.11. The number of likely N-dealkylation sites (tertiary alicyclic amines) is 1. The molecule has 1 aliphatic rings. The lowest BCUT2D eigenvalue weighted by Crippen LogP contribution is -2.40. The summed E-state index contributed by atoms with van der Waals surface area (Å²) in [5.74, 6) is 0.878. The van der Waals surface area contributed by atoms with Crippen molar-refractivity contribution >= 4 is 0 Å². The van der Waals surface area contributed by atoms with Crippen molar-refractivity contribution in [2.75, 3.05) is 46.8 Å². The molecular formula is C14H31N3. The minimum atomic E-state index is 0.651. The van der Waals surface area contributed by atoms with E-state index in [2.05, 4.69) is 43.1 Å². The Morgan fingerprint density at radius 1 is 1.47 bits per heavy atom. The van der Waals surface area contributed by atoms with Gasteiger partial charge in [0.25, 0.3) is 0 Å². The molecule has 0 radical (unpaired) electrons. The van der Waals surface area contributed by atoms with Crippen molar-refractivity contribution in [1.29, 1.82) is 0 Å². The summed E-state index contributed by atoms with van der Waals surface area (Å²) in [6, 6.07) is 0.651. The van der Waals surface area contributed by atoms with Crippen LogP contribution in [0.3, 0.4) is 0 Å². The van der Waals surface area contributed by atoms with Gasteiger partial charge in [0.2, 0.25) is 0 Å². The largest absolute Gasteiger partial charge is 0.315 e. The minimum absolute atomic E-state index is 0.651. The molecule has 0 aromatic rings. The van der Waals surface area contributed by atoms with Crippen LogP contribution in [0, 0.1) is 5.92 Å². The average Bonchev–Trinajstić information content (AvgIpc) is 2.70. The molecule has 3 nitrogen and oxygen atoms in total. The second-order valence-corrected chi connectivity index (χ2v) is 5.76. The topological polar surface area (TPSA) is 18.5 Å². The number of likely N-dealkylation sites (N-methyl/N-ethyl adjacent to an activating group) is 1. The van der Waals surface area contributed by atoms with Crippen LogP contribution >= 0.6 is 0 Å². The molecule has 2 unspecified atom stereocenters. The number of nitrogens with zero attached hydrogens (tertiary/aromatic N) is 2. The molecule has 0 bridgehead atoms. The van der Waals surface area contributed by atoms with Crippen LogP contribution < -0.4 is 5.32 Å². The Labute approximate surface area is 108 Å². The third kappa shape index (κ3) is 5.84. The summed E-state index contributed by atoms with van der Waals surface area (Å²) in [5.41, 5.74) is 0. The maximum absolute atomic E-state index is 3.55. The van der Waals surface area contributed by atoms with E-state index >= 15 is 0 Å². The molecule has 0 aromatic carbocycles. The van der Waals surface area contributed by atoms with Crippen molar-refractivity contribution in [3.63, 3.8) is 0 Å². The van der Waals surface area contributed by atoms with E-state index in [1.54, 1.807) is 0 Å². The second-order valence-electron chi connectivity index (χ2n) is 5.76. The van der Waals surface area contributed by atoms with E-state index < -0.39 is 0 Å². The predicted octanol–water partition coefficient (Wildman–Crippen LogP) is 1.65. The van der Waals surface area contributed by atoms with Gasteiger partial charge in [0.1, 0.15) is 0 Å². The molecule has 1 saturated heterocycles. The van der Waals surface area contributed by atoms with E-state index in [0.717, 1.165) is 12.5 Å². The summed E-state index contributed by atoms with van der Waals surface area (Å²) in [4.78, 5) is 4.96. The highest BCUT2D eigenvalue weighted by Crippen LogP contribution is 2.15. The summed E-state index contributed by atoms with van der Waals surface area (Å²) in [5, 5.41) is 3.55. The third-order valence-corrected chi connectivity index (χ3v) is 3.93. The fourth-order valence-electron chi connectivity index (χ4n) is 2.53. The maximum Gasteiger partial charge on any atom is 0.0189 e. The van der Waals surface area contributed by atoms with Gasteiger partial charge in [-0.05, 0) is 52.9 Å². The highest BCUT2D eigenvalue weighted by atomic mass is 15.2. The van der Waals surface area contributed by atoms with Crippen LogP contribution in [0.4, 0.5) is 0 Å². The number of rotatable bonds is 8. The van der Waals surface area contributed by atoms with Crippen LogP contribution in [-0.4, -0.2) is 62.7 Å². The molecule has 1 aliphatic heterocycles.